The molecule has 0 spiro atoms. The van der Waals surface area contributed by atoms with E-state index in [1.165, 1.54) is 0 Å². The first-order valence-electron chi connectivity index (χ1n) is 5.43. The van der Waals surface area contributed by atoms with Crippen molar-refractivity contribution in [3.05, 3.63) is 0 Å². The summed E-state index contributed by atoms with van der Waals surface area (Å²) in [6.45, 7) is 4.00. The molecule has 1 aliphatic carbocycles. The molecule has 5 heteroatoms. The van der Waals surface area contributed by atoms with E-state index in [-0.39, 0.29) is 11.0 Å². The molecule has 0 saturated heterocycles. The summed E-state index contributed by atoms with van der Waals surface area (Å²) >= 11 is 0. The van der Waals surface area contributed by atoms with Crippen LogP contribution in [0.25, 0.3) is 0 Å². The van der Waals surface area contributed by atoms with Crippen molar-refractivity contribution in [2.45, 2.75) is 44.1 Å². The van der Waals surface area contributed by atoms with Crippen molar-refractivity contribution >= 4 is 9.84 Å². The summed E-state index contributed by atoms with van der Waals surface area (Å²) in [6.07, 6.45) is 2.36. The number of sulfone groups is 1. The summed E-state index contributed by atoms with van der Waals surface area (Å²) in [5.41, 5.74) is 0. The highest BCUT2D eigenvalue weighted by Gasteiger charge is 2.28. The fourth-order valence-electron chi connectivity index (χ4n) is 1.57. The average Bonchev–Trinajstić information content (AvgIpc) is 2.08. The summed E-state index contributed by atoms with van der Waals surface area (Å²) in [7, 11) is -1.18. The Morgan fingerprint density at radius 1 is 1.40 bits per heavy atom. The zero-order valence-electron chi connectivity index (χ0n) is 9.69. The van der Waals surface area contributed by atoms with E-state index in [1.54, 1.807) is 21.0 Å². The van der Waals surface area contributed by atoms with Crippen LogP contribution in [-0.4, -0.2) is 45.2 Å². The van der Waals surface area contributed by atoms with Crippen molar-refractivity contribution in [3.63, 3.8) is 0 Å². The Bertz CT molecular complexity index is 281. The van der Waals surface area contributed by atoms with Crippen molar-refractivity contribution in [2.24, 2.45) is 0 Å². The first-order chi connectivity index (χ1) is 6.95. The zero-order chi connectivity index (χ0) is 11.5. The normalized spacial score (nSPS) is 26.7. The van der Waals surface area contributed by atoms with Crippen molar-refractivity contribution in [3.8, 4) is 0 Å². The molecule has 90 valence electrons. The van der Waals surface area contributed by atoms with Crippen LogP contribution in [0.2, 0.25) is 0 Å². The lowest BCUT2D eigenvalue weighted by atomic mass is 9.89. The van der Waals surface area contributed by atoms with Crippen molar-refractivity contribution in [1.82, 2.24) is 5.32 Å². The Hall–Kier alpha value is -0.130. The van der Waals surface area contributed by atoms with E-state index in [4.69, 9.17) is 4.74 Å². The van der Waals surface area contributed by atoms with Gasteiger partial charge < -0.3 is 10.1 Å². The number of rotatable bonds is 6. The second kappa shape index (κ2) is 5.27. The standard InChI is InChI=1S/C10H21NO3S/c1-8(2)15(12,13)5-4-11-9-6-10(7-9)14-3/h8-11H,4-7H2,1-3H3. The lowest BCUT2D eigenvalue weighted by Gasteiger charge is -2.34. The molecule has 0 heterocycles. The van der Waals surface area contributed by atoms with Gasteiger partial charge in [-0.2, -0.15) is 0 Å². The maximum Gasteiger partial charge on any atom is 0.153 e. The summed E-state index contributed by atoms with van der Waals surface area (Å²) in [5, 5.41) is 2.96. The molecule has 0 radical (unpaired) electrons. The van der Waals surface area contributed by atoms with Crippen molar-refractivity contribution in [1.29, 1.82) is 0 Å². The molecule has 0 atom stereocenters. The lowest BCUT2D eigenvalue weighted by molar-refractivity contribution is 0.0181. The van der Waals surface area contributed by atoms with Gasteiger partial charge in [-0.25, -0.2) is 8.42 Å². The van der Waals surface area contributed by atoms with Gasteiger partial charge in [0.1, 0.15) is 0 Å². The molecule has 0 amide bonds. The first-order valence-corrected chi connectivity index (χ1v) is 7.15. The van der Waals surface area contributed by atoms with E-state index < -0.39 is 9.84 Å². The summed E-state index contributed by atoms with van der Waals surface area (Å²) in [6, 6.07) is 0.442. The maximum atomic E-state index is 11.5. The van der Waals surface area contributed by atoms with Gasteiger partial charge in [-0.05, 0) is 26.7 Å². The molecule has 1 aliphatic rings. The predicted octanol–water partition coefficient (Wildman–Crippen LogP) is 0.577. The molecule has 0 aromatic carbocycles. The van der Waals surface area contributed by atoms with Gasteiger partial charge in [0.2, 0.25) is 0 Å². The highest BCUT2D eigenvalue weighted by atomic mass is 32.2. The highest BCUT2D eigenvalue weighted by molar-refractivity contribution is 7.92. The van der Waals surface area contributed by atoms with Crippen LogP contribution in [-0.2, 0) is 14.6 Å². The Morgan fingerprint density at radius 3 is 2.47 bits per heavy atom. The molecule has 0 aromatic heterocycles. The molecule has 1 saturated carbocycles. The molecule has 15 heavy (non-hydrogen) atoms. The van der Waals surface area contributed by atoms with E-state index in [9.17, 15) is 8.42 Å². The molecule has 0 aliphatic heterocycles. The molecular formula is C10H21NO3S. The largest absolute Gasteiger partial charge is 0.381 e. The van der Waals surface area contributed by atoms with Crippen LogP contribution in [0.5, 0.6) is 0 Å². The third kappa shape index (κ3) is 3.74. The molecule has 1 rings (SSSR count). The topological polar surface area (TPSA) is 55.4 Å². The van der Waals surface area contributed by atoms with Crippen LogP contribution >= 0.6 is 0 Å². The zero-order valence-corrected chi connectivity index (χ0v) is 10.5. The van der Waals surface area contributed by atoms with Crippen LogP contribution < -0.4 is 5.32 Å². The molecule has 0 aromatic rings. The summed E-state index contributed by atoms with van der Waals surface area (Å²) < 4.78 is 28.1. The van der Waals surface area contributed by atoms with Gasteiger partial charge in [-0.3, -0.25) is 0 Å². The summed E-state index contributed by atoms with van der Waals surface area (Å²) in [5.74, 6) is 0.235. The van der Waals surface area contributed by atoms with Crippen LogP contribution in [0.4, 0.5) is 0 Å². The van der Waals surface area contributed by atoms with Gasteiger partial charge in [-0.1, -0.05) is 0 Å². The second-order valence-electron chi connectivity index (χ2n) is 4.40. The average molecular weight is 235 g/mol. The third-order valence-corrected chi connectivity index (χ3v) is 5.18. The van der Waals surface area contributed by atoms with E-state index in [1.807, 2.05) is 0 Å². The second-order valence-corrected chi connectivity index (χ2v) is 7.07. The van der Waals surface area contributed by atoms with Gasteiger partial charge in [0.05, 0.1) is 17.1 Å². The predicted molar refractivity (Wildman–Crippen MR) is 60.7 cm³/mol. The minimum absolute atomic E-state index is 0.235. The molecule has 0 bridgehead atoms. The Morgan fingerprint density at radius 2 is 2.00 bits per heavy atom. The van der Waals surface area contributed by atoms with Gasteiger partial charge in [0.15, 0.2) is 9.84 Å². The minimum Gasteiger partial charge on any atom is -0.381 e. The van der Waals surface area contributed by atoms with Gasteiger partial charge in [0, 0.05) is 19.7 Å². The van der Waals surface area contributed by atoms with E-state index in [0.717, 1.165) is 12.8 Å². The number of ether oxygens (including phenoxy) is 1. The highest BCUT2D eigenvalue weighted by Crippen LogP contribution is 2.22. The summed E-state index contributed by atoms with van der Waals surface area (Å²) in [4.78, 5) is 0. The Labute approximate surface area is 92.3 Å². The van der Waals surface area contributed by atoms with Crippen LogP contribution in [0.1, 0.15) is 26.7 Å². The monoisotopic (exact) mass is 235 g/mol. The Balaban J connectivity index is 2.13. The number of methoxy groups -OCH3 is 1. The van der Waals surface area contributed by atoms with Crippen LogP contribution in [0.15, 0.2) is 0 Å². The molecular weight excluding hydrogens is 214 g/mol. The molecule has 1 fully saturated rings. The fourth-order valence-corrected chi connectivity index (χ4v) is 2.44. The molecule has 1 N–H and O–H groups in total. The SMILES string of the molecule is COC1CC(NCCS(=O)(=O)C(C)C)C1. The minimum atomic E-state index is -2.89. The van der Waals surface area contributed by atoms with Gasteiger partial charge >= 0.3 is 0 Å². The first kappa shape index (κ1) is 12.9. The molecule has 4 nitrogen and oxygen atoms in total. The van der Waals surface area contributed by atoms with E-state index in [0.29, 0.717) is 18.7 Å². The van der Waals surface area contributed by atoms with Crippen molar-refractivity contribution in [2.75, 3.05) is 19.4 Å². The van der Waals surface area contributed by atoms with Gasteiger partial charge in [0.25, 0.3) is 0 Å². The quantitative estimate of drug-likeness (QED) is 0.731. The van der Waals surface area contributed by atoms with Gasteiger partial charge in [-0.15, -0.1) is 0 Å². The van der Waals surface area contributed by atoms with Crippen LogP contribution in [0, 0.1) is 0 Å². The Kier molecular flexibility index (Phi) is 4.55. The third-order valence-electron chi connectivity index (χ3n) is 2.97. The molecule has 0 unspecified atom stereocenters. The smallest absolute Gasteiger partial charge is 0.153 e. The maximum absolute atomic E-state index is 11.5. The number of hydrogen-bond donors (Lipinski definition) is 1. The number of nitrogens with one attached hydrogen (secondary N) is 1. The fraction of sp³-hybridized carbons (Fsp3) is 1.00. The van der Waals surface area contributed by atoms with Crippen LogP contribution in [0.3, 0.4) is 0 Å². The van der Waals surface area contributed by atoms with E-state index in [2.05, 4.69) is 5.32 Å². The lowest BCUT2D eigenvalue weighted by Crippen LogP contribution is -2.46. The van der Waals surface area contributed by atoms with Crippen molar-refractivity contribution < 1.29 is 13.2 Å². The number of hydrogen-bond acceptors (Lipinski definition) is 4. The van der Waals surface area contributed by atoms with E-state index >= 15 is 0 Å².